The highest BCUT2D eigenvalue weighted by molar-refractivity contribution is 7.10. The first-order valence-corrected chi connectivity index (χ1v) is 6.53. The first-order valence-electron chi connectivity index (χ1n) is 5.65. The van der Waals surface area contributed by atoms with Crippen molar-refractivity contribution in [3.05, 3.63) is 40.0 Å². The number of hydrogen-bond acceptors (Lipinski definition) is 5. The van der Waals surface area contributed by atoms with Crippen LogP contribution in [-0.2, 0) is 11.0 Å². The second-order valence-corrected chi connectivity index (χ2v) is 5.15. The van der Waals surface area contributed by atoms with E-state index in [1.807, 2.05) is 0 Å². The fourth-order valence-corrected chi connectivity index (χ4v) is 2.68. The molecule has 2 aromatic rings. The van der Waals surface area contributed by atoms with Gasteiger partial charge in [-0.25, -0.2) is 9.48 Å². The topological polar surface area (TPSA) is 80.0 Å². The second kappa shape index (κ2) is 4.58. The second-order valence-electron chi connectivity index (χ2n) is 4.17. The van der Waals surface area contributed by atoms with Crippen molar-refractivity contribution >= 4 is 23.3 Å². The zero-order valence-corrected chi connectivity index (χ0v) is 10.9. The lowest BCUT2D eigenvalue weighted by atomic mass is 10.2. The summed E-state index contributed by atoms with van der Waals surface area (Å²) in [5.41, 5.74) is -0.234. The van der Waals surface area contributed by atoms with Crippen molar-refractivity contribution in [2.24, 2.45) is 0 Å². The van der Waals surface area contributed by atoms with Crippen molar-refractivity contribution < 1.29 is 23.1 Å². The number of fused-ring (bicyclic) bond motifs is 1. The number of allylic oxidation sites excluding steroid dienone is 1. The summed E-state index contributed by atoms with van der Waals surface area (Å²) in [4.78, 5) is 15.1. The Kier molecular flexibility index (Phi) is 2.97. The van der Waals surface area contributed by atoms with Crippen molar-refractivity contribution in [3.63, 3.8) is 0 Å². The molecule has 110 valence electrons. The largest absolute Gasteiger partial charge is 0.477 e. The predicted octanol–water partition coefficient (Wildman–Crippen LogP) is 2.34. The van der Waals surface area contributed by atoms with Gasteiger partial charge in [-0.05, 0) is 17.5 Å². The monoisotopic (exact) mass is 316 g/mol. The van der Waals surface area contributed by atoms with Gasteiger partial charge in [-0.3, -0.25) is 0 Å². The zero-order valence-electron chi connectivity index (χ0n) is 10.1. The Morgan fingerprint density at radius 1 is 1.48 bits per heavy atom. The average Bonchev–Trinajstić information content (AvgIpc) is 3.05. The SMILES string of the molecule is O=C(O)C1=CC(c2cccs2)n2nc(C(F)(F)F)nc2N1. The Hall–Kier alpha value is -2.36. The number of hydrogen-bond donors (Lipinski definition) is 2. The molecule has 0 saturated carbocycles. The lowest BCUT2D eigenvalue weighted by Crippen LogP contribution is -2.23. The third-order valence-electron chi connectivity index (χ3n) is 2.78. The van der Waals surface area contributed by atoms with Crippen LogP contribution in [0.3, 0.4) is 0 Å². The van der Waals surface area contributed by atoms with Gasteiger partial charge in [-0.15, -0.1) is 16.4 Å². The number of nitrogens with one attached hydrogen (secondary N) is 1. The summed E-state index contributed by atoms with van der Waals surface area (Å²) in [7, 11) is 0. The van der Waals surface area contributed by atoms with Crippen molar-refractivity contribution in [2.75, 3.05) is 5.32 Å². The van der Waals surface area contributed by atoms with Crippen LogP contribution in [0, 0.1) is 0 Å². The maximum atomic E-state index is 12.7. The summed E-state index contributed by atoms with van der Waals surface area (Å²) in [6, 6.07) is 2.67. The summed E-state index contributed by atoms with van der Waals surface area (Å²) in [6.07, 6.45) is -3.40. The molecule has 10 heteroatoms. The summed E-state index contributed by atoms with van der Waals surface area (Å²) in [6.45, 7) is 0. The number of carboxylic acid groups (broad SMARTS) is 1. The average molecular weight is 316 g/mol. The fraction of sp³-hybridized carbons (Fsp3) is 0.182. The predicted molar refractivity (Wildman–Crippen MR) is 66.8 cm³/mol. The van der Waals surface area contributed by atoms with E-state index >= 15 is 0 Å². The number of carbonyl (C=O) groups is 1. The maximum absolute atomic E-state index is 12.7. The number of thiophene rings is 1. The summed E-state index contributed by atoms with van der Waals surface area (Å²) in [5, 5.41) is 16.6. The molecule has 0 saturated heterocycles. The number of alkyl halides is 3. The molecule has 0 fully saturated rings. The number of aliphatic carboxylic acids is 1. The molecule has 21 heavy (non-hydrogen) atoms. The molecule has 0 aliphatic carbocycles. The lowest BCUT2D eigenvalue weighted by molar-refractivity contribution is -0.145. The van der Waals surface area contributed by atoms with Gasteiger partial charge in [-0.2, -0.15) is 18.2 Å². The Morgan fingerprint density at radius 2 is 2.24 bits per heavy atom. The molecule has 3 heterocycles. The van der Waals surface area contributed by atoms with Crippen LogP contribution >= 0.6 is 11.3 Å². The van der Waals surface area contributed by atoms with Crippen LogP contribution in [0.25, 0.3) is 0 Å². The van der Waals surface area contributed by atoms with E-state index in [1.165, 1.54) is 17.4 Å². The summed E-state index contributed by atoms with van der Waals surface area (Å²) >= 11 is 1.29. The van der Waals surface area contributed by atoms with E-state index in [-0.39, 0.29) is 11.6 Å². The van der Waals surface area contributed by atoms with E-state index in [0.29, 0.717) is 4.88 Å². The van der Waals surface area contributed by atoms with E-state index in [2.05, 4.69) is 15.4 Å². The standard InChI is InChI=1S/C11H7F3N4O2S/c12-11(13,14)9-16-10-15-5(8(19)20)4-6(18(10)17-9)7-2-1-3-21-7/h1-4,6H,(H,19,20)(H,15,16,17). The smallest absolute Gasteiger partial charge is 0.453 e. The van der Waals surface area contributed by atoms with Gasteiger partial charge in [-0.1, -0.05) is 6.07 Å². The highest BCUT2D eigenvalue weighted by Crippen LogP contribution is 2.34. The van der Waals surface area contributed by atoms with Gasteiger partial charge in [0.1, 0.15) is 11.7 Å². The van der Waals surface area contributed by atoms with Gasteiger partial charge in [0, 0.05) is 4.88 Å². The number of halogens is 3. The number of aromatic nitrogens is 3. The molecule has 0 spiro atoms. The molecule has 0 bridgehead atoms. The van der Waals surface area contributed by atoms with Crippen LogP contribution in [0.1, 0.15) is 16.7 Å². The zero-order chi connectivity index (χ0) is 15.2. The number of carboxylic acids is 1. The van der Waals surface area contributed by atoms with Gasteiger partial charge in [0.15, 0.2) is 0 Å². The highest BCUT2D eigenvalue weighted by Gasteiger charge is 2.39. The molecule has 1 unspecified atom stereocenters. The molecule has 2 aromatic heterocycles. The molecule has 6 nitrogen and oxygen atoms in total. The molecule has 3 rings (SSSR count). The van der Waals surface area contributed by atoms with E-state index < -0.39 is 24.0 Å². The summed E-state index contributed by atoms with van der Waals surface area (Å²) in [5.74, 6) is -2.84. The molecule has 2 N–H and O–H groups in total. The Balaban J connectivity index is 2.11. The van der Waals surface area contributed by atoms with Gasteiger partial charge < -0.3 is 10.4 Å². The van der Waals surface area contributed by atoms with E-state index in [9.17, 15) is 18.0 Å². The Bertz CT molecular complexity index is 720. The van der Waals surface area contributed by atoms with E-state index in [4.69, 9.17) is 5.11 Å². The molecule has 0 amide bonds. The number of rotatable bonds is 2. The van der Waals surface area contributed by atoms with Crippen molar-refractivity contribution in [3.8, 4) is 0 Å². The third kappa shape index (κ3) is 2.37. The van der Waals surface area contributed by atoms with Crippen molar-refractivity contribution in [1.29, 1.82) is 0 Å². The van der Waals surface area contributed by atoms with Crippen molar-refractivity contribution in [1.82, 2.24) is 14.8 Å². The minimum absolute atomic E-state index is 0.234. The summed E-state index contributed by atoms with van der Waals surface area (Å²) < 4.78 is 39.1. The minimum Gasteiger partial charge on any atom is -0.477 e. The third-order valence-corrected chi connectivity index (χ3v) is 3.73. The first kappa shape index (κ1) is 13.6. The van der Waals surface area contributed by atoms with E-state index in [1.54, 1.807) is 17.5 Å². The molecule has 1 aliphatic rings. The number of anilines is 1. The molecule has 0 aromatic carbocycles. The highest BCUT2D eigenvalue weighted by atomic mass is 32.1. The molecular weight excluding hydrogens is 309 g/mol. The molecule has 1 aliphatic heterocycles. The van der Waals surface area contributed by atoms with Gasteiger partial charge >= 0.3 is 12.1 Å². The van der Waals surface area contributed by atoms with Gasteiger partial charge in [0.25, 0.3) is 5.82 Å². The van der Waals surface area contributed by atoms with Gasteiger partial charge in [0.2, 0.25) is 5.95 Å². The van der Waals surface area contributed by atoms with Crippen LogP contribution in [-0.4, -0.2) is 25.8 Å². The Labute approximate surface area is 119 Å². The molecule has 1 atom stereocenters. The molecular formula is C11H7F3N4O2S. The Morgan fingerprint density at radius 3 is 2.81 bits per heavy atom. The normalized spacial score (nSPS) is 17.9. The van der Waals surface area contributed by atoms with Crippen LogP contribution in [0.4, 0.5) is 19.1 Å². The number of nitrogens with zero attached hydrogens (tertiary/aromatic N) is 3. The van der Waals surface area contributed by atoms with Crippen LogP contribution in [0.5, 0.6) is 0 Å². The van der Waals surface area contributed by atoms with Crippen LogP contribution in [0.15, 0.2) is 29.3 Å². The first-order chi connectivity index (χ1) is 9.86. The van der Waals surface area contributed by atoms with E-state index in [0.717, 1.165) is 4.68 Å². The van der Waals surface area contributed by atoms with Crippen LogP contribution in [0.2, 0.25) is 0 Å². The maximum Gasteiger partial charge on any atom is 0.453 e. The molecule has 0 radical (unpaired) electrons. The fourth-order valence-electron chi connectivity index (χ4n) is 1.90. The van der Waals surface area contributed by atoms with Crippen LogP contribution < -0.4 is 5.32 Å². The quantitative estimate of drug-likeness (QED) is 0.889. The minimum atomic E-state index is -4.70. The van der Waals surface area contributed by atoms with Crippen molar-refractivity contribution in [2.45, 2.75) is 12.2 Å². The van der Waals surface area contributed by atoms with Gasteiger partial charge in [0.05, 0.1) is 0 Å². The lowest BCUT2D eigenvalue weighted by Gasteiger charge is -2.20.